The van der Waals surface area contributed by atoms with Gasteiger partial charge in [0.25, 0.3) is 0 Å². The number of nitrogens with zero attached hydrogens (tertiary/aromatic N) is 1. The van der Waals surface area contributed by atoms with Gasteiger partial charge in [-0.1, -0.05) is 12.1 Å². The molecular formula is C14H13FN2. The monoisotopic (exact) mass is 228 g/mol. The van der Waals surface area contributed by atoms with Crippen molar-refractivity contribution in [2.24, 2.45) is 0 Å². The van der Waals surface area contributed by atoms with E-state index in [-0.39, 0.29) is 11.7 Å². The van der Waals surface area contributed by atoms with Gasteiger partial charge in [0.05, 0.1) is 5.69 Å². The minimum Gasteiger partial charge on any atom is -0.398 e. The van der Waals surface area contributed by atoms with Crippen LogP contribution in [0, 0.1) is 5.82 Å². The Balaban J connectivity index is 2.07. The average molecular weight is 228 g/mol. The summed E-state index contributed by atoms with van der Waals surface area (Å²) in [6.07, 6.45) is 3.82. The van der Waals surface area contributed by atoms with Crippen LogP contribution < -0.4 is 5.73 Å². The molecule has 0 radical (unpaired) electrons. The number of nitrogens with two attached hydrogens (primary N) is 1. The Bertz CT molecular complexity index is 566. The summed E-state index contributed by atoms with van der Waals surface area (Å²) in [4.78, 5) is 4.43. The number of nitrogen functional groups attached to an aromatic ring is 1. The van der Waals surface area contributed by atoms with Gasteiger partial charge in [0.1, 0.15) is 5.82 Å². The third-order valence-electron chi connectivity index (χ3n) is 3.38. The van der Waals surface area contributed by atoms with Gasteiger partial charge in [-0.25, -0.2) is 4.39 Å². The molecule has 86 valence electrons. The first kappa shape index (κ1) is 10.3. The molecule has 1 aromatic carbocycles. The predicted molar refractivity (Wildman–Crippen MR) is 65.2 cm³/mol. The van der Waals surface area contributed by atoms with Crippen molar-refractivity contribution in [1.29, 1.82) is 0 Å². The third kappa shape index (κ3) is 1.68. The molecule has 2 aromatic rings. The Morgan fingerprint density at radius 1 is 1.29 bits per heavy atom. The molecule has 3 rings (SSSR count). The summed E-state index contributed by atoms with van der Waals surface area (Å²) in [6.45, 7) is 0. The van der Waals surface area contributed by atoms with Crippen LogP contribution in [0.2, 0.25) is 0 Å². The molecule has 0 amide bonds. The molecule has 0 saturated heterocycles. The number of halogens is 1. The highest BCUT2D eigenvalue weighted by atomic mass is 19.1. The number of aryl methyl sites for hydroxylation is 1. The van der Waals surface area contributed by atoms with E-state index in [9.17, 15) is 4.39 Å². The second-order valence-corrected chi connectivity index (χ2v) is 4.41. The van der Waals surface area contributed by atoms with Crippen molar-refractivity contribution < 1.29 is 4.39 Å². The second kappa shape index (κ2) is 3.84. The maximum atomic E-state index is 13.0. The Hall–Kier alpha value is -1.90. The summed E-state index contributed by atoms with van der Waals surface area (Å²) in [5.41, 5.74) is 9.77. The molecule has 1 atom stereocenters. The molecule has 0 aliphatic heterocycles. The first-order valence-corrected chi connectivity index (χ1v) is 5.74. The summed E-state index contributed by atoms with van der Waals surface area (Å²) in [6, 6.07) is 8.68. The number of pyridine rings is 1. The van der Waals surface area contributed by atoms with Crippen molar-refractivity contribution in [3.8, 4) is 0 Å². The normalized spacial score (nSPS) is 18.1. The van der Waals surface area contributed by atoms with Gasteiger partial charge >= 0.3 is 0 Å². The van der Waals surface area contributed by atoms with E-state index in [1.165, 1.54) is 17.7 Å². The molecule has 0 bridgehead atoms. The maximum absolute atomic E-state index is 13.0. The lowest BCUT2D eigenvalue weighted by molar-refractivity contribution is 0.626. The van der Waals surface area contributed by atoms with Crippen LogP contribution in [0.5, 0.6) is 0 Å². The van der Waals surface area contributed by atoms with Crippen molar-refractivity contribution in [3.63, 3.8) is 0 Å². The van der Waals surface area contributed by atoms with Gasteiger partial charge in [-0.05, 0) is 42.2 Å². The van der Waals surface area contributed by atoms with E-state index in [0.29, 0.717) is 5.69 Å². The van der Waals surface area contributed by atoms with E-state index in [1.807, 2.05) is 6.07 Å². The van der Waals surface area contributed by atoms with Crippen molar-refractivity contribution in [2.75, 3.05) is 5.73 Å². The van der Waals surface area contributed by atoms with Crippen LogP contribution in [-0.2, 0) is 6.42 Å². The Kier molecular flexibility index (Phi) is 2.32. The van der Waals surface area contributed by atoms with E-state index in [0.717, 1.165) is 24.1 Å². The molecule has 1 heterocycles. The molecule has 0 saturated carbocycles. The summed E-state index contributed by atoms with van der Waals surface area (Å²) < 4.78 is 13.0. The van der Waals surface area contributed by atoms with E-state index < -0.39 is 0 Å². The molecule has 0 fully saturated rings. The Morgan fingerprint density at radius 2 is 2.18 bits per heavy atom. The Morgan fingerprint density at radius 3 is 3.00 bits per heavy atom. The molecule has 3 heteroatoms. The van der Waals surface area contributed by atoms with E-state index in [4.69, 9.17) is 5.73 Å². The fourth-order valence-electron chi connectivity index (χ4n) is 2.58. The molecule has 2 N–H and O–H groups in total. The van der Waals surface area contributed by atoms with Crippen LogP contribution in [0.15, 0.2) is 36.5 Å². The summed E-state index contributed by atoms with van der Waals surface area (Å²) in [5, 5.41) is 0. The van der Waals surface area contributed by atoms with Gasteiger partial charge < -0.3 is 5.73 Å². The van der Waals surface area contributed by atoms with E-state index >= 15 is 0 Å². The van der Waals surface area contributed by atoms with Crippen molar-refractivity contribution in [2.45, 2.75) is 18.8 Å². The van der Waals surface area contributed by atoms with Crippen molar-refractivity contribution >= 4 is 5.69 Å². The number of aromatic nitrogens is 1. The van der Waals surface area contributed by atoms with Crippen LogP contribution >= 0.6 is 0 Å². The zero-order valence-corrected chi connectivity index (χ0v) is 9.36. The smallest absolute Gasteiger partial charge is 0.125 e. The van der Waals surface area contributed by atoms with Gasteiger partial charge in [-0.2, -0.15) is 0 Å². The zero-order chi connectivity index (χ0) is 11.8. The van der Waals surface area contributed by atoms with Gasteiger partial charge in [-0.3, -0.25) is 4.98 Å². The minimum absolute atomic E-state index is 0.215. The lowest BCUT2D eigenvalue weighted by Crippen LogP contribution is -2.03. The maximum Gasteiger partial charge on any atom is 0.125 e. The van der Waals surface area contributed by atoms with Gasteiger partial charge in [0.15, 0.2) is 0 Å². The van der Waals surface area contributed by atoms with Crippen LogP contribution in [0.3, 0.4) is 0 Å². The molecule has 1 aromatic heterocycles. The first-order valence-electron chi connectivity index (χ1n) is 5.74. The van der Waals surface area contributed by atoms with Crippen LogP contribution in [0.25, 0.3) is 0 Å². The quantitative estimate of drug-likeness (QED) is 0.762. The molecule has 1 aliphatic carbocycles. The molecule has 0 spiro atoms. The van der Waals surface area contributed by atoms with Crippen LogP contribution in [-0.4, -0.2) is 4.98 Å². The lowest BCUT2D eigenvalue weighted by Gasteiger charge is -2.13. The SMILES string of the molecule is Nc1cc(F)ccc1C1CCc2cccnc21. The molecule has 1 unspecified atom stereocenters. The summed E-state index contributed by atoms with van der Waals surface area (Å²) >= 11 is 0. The first-order chi connectivity index (χ1) is 8.25. The number of anilines is 1. The van der Waals surface area contributed by atoms with Gasteiger partial charge in [0, 0.05) is 17.8 Å². The molecule has 2 nitrogen and oxygen atoms in total. The predicted octanol–water partition coefficient (Wildman–Crippen LogP) is 2.88. The topological polar surface area (TPSA) is 38.9 Å². The zero-order valence-electron chi connectivity index (χ0n) is 9.36. The van der Waals surface area contributed by atoms with Crippen molar-refractivity contribution in [3.05, 3.63) is 59.2 Å². The Labute approximate surface area is 99.3 Å². The second-order valence-electron chi connectivity index (χ2n) is 4.41. The van der Waals surface area contributed by atoms with Crippen LogP contribution in [0.4, 0.5) is 10.1 Å². The largest absolute Gasteiger partial charge is 0.398 e. The number of hydrogen-bond donors (Lipinski definition) is 1. The van der Waals surface area contributed by atoms with E-state index in [1.54, 1.807) is 12.3 Å². The molecular weight excluding hydrogens is 215 g/mol. The number of rotatable bonds is 1. The standard InChI is InChI=1S/C14H13FN2/c15-10-4-6-11(13(16)8-10)12-5-3-9-2-1-7-17-14(9)12/h1-2,4,6-8,12H,3,5,16H2. The molecule has 1 aliphatic rings. The number of benzene rings is 1. The number of fused-ring (bicyclic) bond motifs is 1. The van der Waals surface area contributed by atoms with Crippen LogP contribution in [0.1, 0.15) is 29.2 Å². The van der Waals surface area contributed by atoms with Gasteiger partial charge in [-0.15, -0.1) is 0 Å². The minimum atomic E-state index is -0.287. The summed E-state index contributed by atoms with van der Waals surface area (Å²) in [5.74, 6) is -0.0720. The fraction of sp³-hybridized carbons (Fsp3) is 0.214. The lowest BCUT2D eigenvalue weighted by atomic mass is 9.95. The third-order valence-corrected chi connectivity index (χ3v) is 3.38. The fourth-order valence-corrected chi connectivity index (χ4v) is 2.58. The summed E-state index contributed by atoms with van der Waals surface area (Å²) in [7, 11) is 0. The highest BCUT2D eigenvalue weighted by Crippen LogP contribution is 2.38. The van der Waals surface area contributed by atoms with E-state index in [2.05, 4.69) is 11.1 Å². The highest BCUT2D eigenvalue weighted by Gasteiger charge is 2.26. The number of hydrogen-bond acceptors (Lipinski definition) is 2. The highest BCUT2D eigenvalue weighted by molar-refractivity contribution is 5.53. The van der Waals surface area contributed by atoms with Crippen molar-refractivity contribution in [1.82, 2.24) is 4.98 Å². The van der Waals surface area contributed by atoms with Gasteiger partial charge in [0.2, 0.25) is 0 Å². The molecule has 17 heavy (non-hydrogen) atoms. The average Bonchev–Trinajstić information content (AvgIpc) is 2.73.